The van der Waals surface area contributed by atoms with Crippen molar-refractivity contribution in [1.82, 2.24) is 14.5 Å². The van der Waals surface area contributed by atoms with Crippen molar-refractivity contribution in [2.75, 3.05) is 0 Å². The summed E-state index contributed by atoms with van der Waals surface area (Å²) in [6.07, 6.45) is 24.6. The van der Waals surface area contributed by atoms with Crippen LogP contribution in [0.2, 0.25) is 0 Å². The van der Waals surface area contributed by atoms with Crippen LogP contribution in [0.15, 0.2) is 78.4 Å². The molecule has 4 aromatic rings. The number of fused-ring (bicyclic) bond motifs is 6. The third kappa shape index (κ3) is 4.78. The molecule has 1 aliphatic heterocycles. The Bertz CT molecular complexity index is 2240. The molecular formula is C45H45N5. The third-order valence-electron chi connectivity index (χ3n) is 12.5. The van der Waals surface area contributed by atoms with Crippen LogP contribution in [-0.4, -0.2) is 15.2 Å². The molecule has 3 heterocycles. The molecule has 0 fully saturated rings. The van der Waals surface area contributed by atoms with Gasteiger partial charge in [-0.25, -0.2) is 0 Å². The zero-order valence-electron chi connectivity index (χ0n) is 29.3. The van der Waals surface area contributed by atoms with Gasteiger partial charge in [0.15, 0.2) is 0 Å². The SMILES string of the molecule is CC1c2c3c(n(C4(C)C=C(C5CCC=C(c6ccccc6C#N)N5)CC(n5c6c(c7ccccc75)CCC=C6)C4)c2CCC1C#N)C=CCC3. The van der Waals surface area contributed by atoms with E-state index in [4.69, 9.17) is 0 Å². The number of aromatic nitrogens is 2. The van der Waals surface area contributed by atoms with Crippen molar-refractivity contribution in [1.29, 1.82) is 10.5 Å². The topological polar surface area (TPSA) is 69.5 Å². The highest BCUT2D eigenvalue weighted by Crippen LogP contribution is 2.50. The van der Waals surface area contributed by atoms with Crippen LogP contribution in [0.5, 0.6) is 0 Å². The first-order valence-corrected chi connectivity index (χ1v) is 18.8. The molecule has 0 spiro atoms. The molecule has 2 aromatic carbocycles. The molecule has 0 radical (unpaired) electrons. The fraction of sp³-hybridized carbons (Fsp3) is 0.378. The van der Waals surface area contributed by atoms with Gasteiger partial charge < -0.3 is 14.5 Å². The van der Waals surface area contributed by atoms with Crippen molar-refractivity contribution in [2.24, 2.45) is 5.92 Å². The maximum atomic E-state index is 10.1. The Labute approximate surface area is 295 Å². The molecule has 5 nitrogen and oxygen atoms in total. The van der Waals surface area contributed by atoms with Gasteiger partial charge in [-0.05, 0) is 124 Å². The molecule has 0 saturated carbocycles. The lowest BCUT2D eigenvalue weighted by molar-refractivity contribution is 0.264. The number of nitriles is 2. The Balaban J connectivity index is 1.22. The zero-order valence-corrected chi connectivity index (χ0v) is 29.3. The largest absolute Gasteiger partial charge is 0.378 e. The minimum atomic E-state index is -0.263. The summed E-state index contributed by atoms with van der Waals surface area (Å²) >= 11 is 0. The van der Waals surface area contributed by atoms with Gasteiger partial charge in [0.05, 0.1) is 29.2 Å². The highest BCUT2D eigenvalue weighted by atomic mass is 15.1. The van der Waals surface area contributed by atoms with Gasteiger partial charge in [-0.1, -0.05) is 67.6 Å². The quantitative estimate of drug-likeness (QED) is 0.223. The fourth-order valence-corrected chi connectivity index (χ4v) is 10.4. The summed E-state index contributed by atoms with van der Waals surface area (Å²) in [5.41, 5.74) is 14.0. The standard InChI is InChI=1S/C45H45N5/c1-29-30(27-46)22-23-43-44(29)37-16-7-10-21-42(37)50(43)45(2)25-32(38-17-11-18-39(48-38)34-13-4-3-12-31(34)28-47)24-33(26-45)49-40-19-8-5-14-35(40)36-15-6-9-20-41(36)49/h3-5,8-10,12-14,18-21,25,29-30,33,38,48H,6-7,11,15-17,22-24,26H2,1-2H3. The highest BCUT2D eigenvalue weighted by molar-refractivity contribution is 5.89. The van der Waals surface area contributed by atoms with Crippen molar-refractivity contribution >= 4 is 28.8 Å². The summed E-state index contributed by atoms with van der Waals surface area (Å²) < 4.78 is 5.44. The van der Waals surface area contributed by atoms with Crippen molar-refractivity contribution in [3.05, 3.63) is 123 Å². The molecule has 5 unspecified atom stereocenters. The van der Waals surface area contributed by atoms with Gasteiger partial charge in [-0.15, -0.1) is 0 Å². The van der Waals surface area contributed by atoms with E-state index in [1.807, 2.05) is 18.2 Å². The number of nitrogens with zero attached hydrogens (tertiary/aromatic N) is 4. The Kier molecular flexibility index (Phi) is 7.51. The Hall–Kier alpha value is -5.00. The predicted octanol–water partition coefficient (Wildman–Crippen LogP) is 9.89. The summed E-state index contributed by atoms with van der Waals surface area (Å²) in [6, 6.07) is 22.6. The lowest BCUT2D eigenvalue weighted by Gasteiger charge is -2.44. The number of hydrogen-bond acceptors (Lipinski definition) is 3. The van der Waals surface area contributed by atoms with Gasteiger partial charge in [0, 0.05) is 51.3 Å². The second-order valence-corrected chi connectivity index (χ2v) is 15.4. The summed E-state index contributed by atoms with van der Waals surface area (Å²) in [6.45, 7) is 4.79. The van der Waals surface area contributed by atoms with E-state index >= 15 is 0 Å². The first kappa shape index (κ1) is 31.0. The number of para-hydroxylation sites is 1. The highest BCUT2D eigenvalue weighted by Gasteiger charge is 2.43. The van der Waals surface area contributed by atoms with Crippen molar-refractivity contribution < 1.29 is 0 Å². The van der Waals surface area contributed by atoms with E-state index < -0.39 is 0 Å². The normalized spacial score (nSPS) is 26.9. The van der Waals surface area contributed by atoms with Crippen LogP contribution in [0.25, 0.3) is 28.8 Å². The molecule has 250 valence electrons. The predicted molar refractivity (Wildman–Crippen MR) is 202 cm³/mol. The molecule has 4 aliphatic carbocycles. The third-order valence-corrected chi connectivity index (χ3v) is 12.5. The Morgan fingerprint density at radius 2 is 1.66 bits per heavy atom. The van der Waals surface area contributed by atoms with E-state index in [0.29, 0.717) is 5.56 Å². The first-order chi connectivity index (χ1) is 24.5. The molecule has 0 amide bonds. The second-order valence-electron chi connectivity index (χ2n) is 15.4. The number of benzene rings is 2. The maximum Gasteiger partial charge on any atom is 0.0998 e. The summed E-state index contributed by atoms with van der Waals surface area (Å²) in [4.78, 5) is 0. The number of rotatable bonds is 4. The molecule has 1 N–H and O–H groups in total. The van der Waals surface area contributed by atoms with Gasteiger partial charge in [-0.3, -0.25) is 0 Å². The van der Waals surface area contributed by atoms with E-state index in [-0.39, 0.29) is 29.5 Å². The molecule has 2 aromatic heterocycles. The summed E-state index contributed by atoms with van der Waals surface area (Å²) in [7, 11) is 0. The van der Waals surface area contributed by atoms with Gasteiger partial charge in [0.1, 0.15) is 0 Å². The minimum absolute atomic E-state index is 0.0730. The van der Waals surface area contributed by atoms with E-state index in [1.165, 1.54) is 50.2 Å². The van der Waals surface area contributed by atoms with Crippen LogP contribution in [0.4, 0.5) is 0 Å². The van der Waals surface area contributed by atoms with Gasteiger partial charge in [0.25, 0.3) is 0 Å². The van der Waals surface area contributed by atoms with Gasteiger partial charge >= 0.3 is 0 Å². The molecule has 50 heavy (non-hydrogen) atoms. The van der Waals surface area contributed by atoms with E-state index in [2.05, 4.69) is 107 Å². The first-order valence-electron chi connectivity index (χ1n) is 18.8. The Morgan fingerprint density at radius 3 is 2.50 bits per heavy atom. The zero-order chi connectivity index (χ0) is 34.0. The lowest BCUT2D eigenvalue weighted by Crippen LogP contribution is -2.42. The van der Waals surface area contributed by atoms with Crippen molar-refractivity contribution in [3.8, 4) is 12.1 Å². The van der Waals surface area contributed by atoms with E-state index in [1.54, 1.807) is 0 Å². The average Bonchev–Trinajstić information content (AvgIpc) is 3.69. The number of nitrogens with one attached hydrogen (secondary N) is 1. The molecule has 5 aliphatic rings. The van der Waals surface area contributed by atoms with Crippen molar-refractivity contribution in [2.45, 2.75) is 102 Å². The minimum Gasteiger partial charge on any atom is -0.378 e. The van der Waals surface area contributed by atoms with Crippen LogP contribution in [0, 0.1) is 28.6 Å². The van der Waals surface area contributed by atoms with E-state index in [9.17, 15) is 10.5 Å². The van der Waals surface area contributed by atoms with Crippen LogP contribution < -0.4 is 5.32 Å². The molecule has 5 heteroatoms. The summed E-state index contributed by atoms with van der Waals surface area (Å²) in [5, 5.41) is 25.4. The fourth-order valence-electron chi connectivity index (χ4n) is 10.4. The van der Waals surface area contributed by atoms with Gasteiger partial charge in [-0.2, -0.15) is 10.5 Å². The lowest BCUT2D eigenvalue weighted by atomic mass is 9.76. The molecular weight excluding hydrogens is 611 g/mol. The smallest absolute Gasteiger partial charge is 0.0998 e. The Morgan fingerprint density at radius 1 is 0.880 bits per heavy atom. The molecule has 9 rings (SSSR count). The van der Waals surface area contributed by atoms with Crippen molar-refractivity contribution in [3.63, 3.8) is 0 Å². The van der Waals surface area contributed by atoms with Crippen LogP contribution in [-0.2, 0) is 24.8 Å². The maximum absolute atomic E-state index is 10.1. The number of hydrogen-bond donors (Lipinski definition) is 1. The van der Waals surface area contributed by atoms with Crippen LogP contribution in [0.1, 0.15) is 116 Å². The van der Waals surface area contributed by atoms with Crippen LogP contribution >= 0.6 is 0 Å². The average molecular weight is 656 g/mol. The molecule has 5 atom stereocenters. The monoisotopic (exact) mass is 655 g/mol. The number of allylic oxidation sites excluding steroid dienone is 4. The van der Waals surface area contributed by atoms with Gasteiger partial charge in [0.2, 0.25) is 0 Å². The number of aryl methyl sites for hydroxylation is 1. The molecule has 0 saturated heterocycles. The van der Waals surface area contributed by atoms with E-state index in [0.717, 1.165) is 75.5 Å². The summed E-state index contributed by atoms with van der Waals surface area (Å²) in [5.74, 6) is 0.319. The second kappa shape index (κ2) is 12.1. The molecule has 0 bridgehead atoms. The van der Waals surface area contributed by atoms with Crippen LogP contribution in [0.3, 0.4) is 0 Å².